The van der Waals surface area contributed by atoms with Crippen molar-refractivity contribution in [1.82, 2.24) is 4.90 Å². The smallest absolute Gasteiger partial charge is 0.322 e. The van der Waals surface area contributed by atoms with Crippen molar-refractivity contribution in [3.63, 3.8) is 0 Å². The van der Waals surface area contributed by atoms with Crippen molar-refractivity contribution in [2.75, 3.05) is 50.6 Å². The minimum atomic E-state index is -0.803. The minimum absolute atomic E-state index is 0.405. The van der Waals surface area contributed by atoms with E-state index in [0.717, 1.165) is 17.8 Å². The number of piperazine rings is 1. The van der Waals surface area contributed by atoms with E-state index >= 15 is 0 Å². The van der Waals surface area contributed by atoms with Crippen LogP contribution in [0.25, 0.3) is 0 Å². The molecule has 0 spiro atoms. The van der Waals surface area contributed by atoms with Gasteiger partial charge < -0.3 is 24.6 Å². The van der Waals surface area contributed by atoms with Crippen molar-refractivity contribution < 1.29 is 23.0 Å². The molecular formula is C19H21F2N3O3. The van der Waals surface area contributed by atoms with Gasteiger partial charge in [-0.15, -0.1) is 0 Å². The lowest BCUT2D eigenvalue weighted by molar-refractivity contribution is 0.208. The van der Waals surface area contributed by atoms with Gasteiger partial charge >= 0.3 is 6.03 Å². The number of benzene rings is 2. The first-order valence-electron chi connectivity index (χ1n) is 8.50. The normalized spacial score (nSPS) is 14.1. The van der Waals surface area contributed by atoms with Gasteiger partial charge in [0.2, 0.25) is 0 Å². The third-order valence-electron chi connectivity index (χ3n) is 4.49. The fourth-order valence-electron chi connectivity index (χ4n) is 3.00. The number of hydrogen-bond donors (Lipinski definition) is 1. The van der Waals surface area contributed by atoms with E-state index < -0.39 is 23.4 Å². The van der Waals surface area contributed by atoms with Crippen molar-refractivity contribution in [1.29, 1.82) is 0 Å². The SMILES string of the molecule is COc1ccc(OC)c(N2CCN(C(=O)Nc3c(F)cccc3F)CC2)c1. The van der Waals surface area contributed by atoms with Crippen LogP contribution in [0.2, 0.25) is 0 Å². The van der Waals surface area contributed by atoms with E-state index in [0.29, 0.717) is 37.7 Å². The zero-order chi connectivity index (χ0) is 19.4. The van der Waals surface area contributed by atoms with Gasteiger partial charge in [-0.3, -0.25) is 0 Å². The lowest BCUT2D eigenvalue weighted by Gasteiger charge is -2.36. The molecule has 2 aromatic carbocycles. The van der Waals surface area contributed by atoms with Gasteiger partial charge in [-0.05, 0) is 24.3 Å². The molecule has 0 aromatic heterocycles. The summed E-state index contributed by atoms with van der Waals surface area (Å²) in [5.41, 5.74) is 0.441. The fourth-order valence-corrected chi connectivity index (χ4v) is 3.00. The second kappa shape index (κ2) is 8.11. The molecule has 0 radical (unpaired) electrons. The summed E-state index contributed by atoms with van der Waals surface area (Å²) < 4.78 is 38.1. The number of nitrogens with one attached hydrogen (secondary N) is 1. The Labute approximate surface area is 156 Å². The Morgan fingerprint density at radius 2 is 1.67 bits per heavy atom. The van der Waals surface area contributed by atoms with Crippen molar-refractivity contribution in [2.24, 2.45) is 0 Å². The van der Waals surface area contributed by atoms with Crippen LogP contribution < -0.4 is 19.7 Å². The molecule has 1 saturated heterocycles. The first-order valence-corrected chi connectivity index (χ1v) is 8.50. The summed E-state index contributed by atoms with van der Waals surface area (Å²) in [7, 11) is 3.19. The molecule has 1 N–H and O–H groups in total. The van der Waals surface area contributed by atoms with Crippen LogP contribution in [-0.4, -0.2) is 51.3 Å². The zero-order valence-electron chi connectivity index (χ0n) is 15.2. The summed E-state index contributed by atoms with van der Waals surface area (Å²) in [5.74, 6) is -0.186. The van der Waals surface area contributed by atoms with Gasteiger partial charge in [-0.25, -0.2) is 13.6 Å². The molecule has 0 atom stereocenters. The molecule has 0 saturated carbocycles. The molecule has 6 nitrogen and oxygen atoms in total. The second-order valence-electron chi connectivity index (χ2n) is 6.04. The Morgan fingerprint density at radius 1 is 1.00 bits per heavy atom. The molecule has 2 aromatic rings. The quantitative estimate of drug-likeness (QED) is 0.888. The number of hydrogen-bond acceptors (Lipinski definition) is 4. The zero-order valence-corrected chi connectivity index (χ0v) is 15.2. The highest BCUT2D eigenvalue weighted by Gasteiger charge is 2.24. The molecule has 1 fully saturated rings. The monoisotopic (exact) mass is 377 g/mol. The molecule has 27 heavy (non-hydrogen) atoms. The molecule has 1 aliphatic rings. The average Bonchev–Trinajstić information content (AvgIpc) is 2.70. The first-order chi connectivity index (χ1) is 13.0. The van der Waals surface area contributed by atoms with E-state index in [1.807, 2.05) is 18.2 Å². The molecule has 0 bridgehead atoms. The lowest BCUT2D eigenvalue weighted by atomic mass is 10.2. The third-order valence-corrected chi connectivity index (χ3v) is 4.49. The summed E-state index contributed by atoms with van der Waals surface area (Å²) in [6, 6.07) is 8.45. The van der Waals surface area contributed by atoms with E-state index in [4.69, 9.17) is 9.47 Å². The Morgan fingerprint density at radius 3 is 2.26 bits per heavy atom. The molecule has 1 heterocycles. The van der Waals surface area contributed by atoms with Crippen molar-refractivity contribution in [2.45, 2.75) is 0 Å². The van der Waals surface area contributed by atoms with E-state index in [1.54, 1.807) is 14.2 Å². The van der Waals surface area contributed by atoms with Crippen LogP contribution in [0.15, 0.2) is 36.4 Å². The molecular weight excluding hydrogens is 356 g/mol. The van der Waals surface area contributed by atoms with Crippen LogP contribution in [-0.2, 0) is 0 Å². The predicted molar refractivity (Wildman–Crippen MR) is 98.7 cm³/mol. The summed E-state index contributed by atoms with van der Waals surface area (Å²) in [6.45, 7) is 1.91. The highest BCUT2D eigenvalue weighted by atomic mass is 19.1. The fraction of sp³-hybridized carbons (Fsp3) is 0.316. The maximum atomic E-state index is 13.7. The Bertz CT molecular complexity index is 804. The highest BCUT2D eigenvalue weighted by Crippen LogP contribution is 2.33. The van der Waals surface area contributed by atoms with Gasteiger partial charge in [0.25, 0.3) is 0 Å². The van der Waals surface area contributed by atoms with Crippen LogP contribution in [0.1, 0.15) is 0 Å². The van der Waals surface area contributed by atoms with E-state index in [9.17, 15) is 13.6 Å². The number of amides is 2. The van der Waals surface area contributed by atoms with Gasteiger partial charge in [-0.2, -0.15) is 0 Å². The van der Waals surface area contributed by atoms with Crippen LogP contribution in [0.3, 0.4) is 0 Å². The highest BCUT2D eigenvalue weighted by molar-refractivity contribution is 5.89. The number of urea groups is 1. The average molecular weight is 377 g/mol. The molecule has 8 heteroatoms. The van der Waals surface area contributed by atoms with Crippen LogP contribution in [0.5, 0.6) is 11.5 Å². The number of ether oxygens (including phenoxy) is 2. The second-order valence-corrected chi connectivity index (χ2v) is 6.04. The summed E-state index contributed by atoms with van der Waals surface area (Å²) in [6.07, 6.45) is 0. The number of rotatable bonds is 4. The van der Waals surface area contributed by atoms with Crippen LogP contribution in [0.4, 0.5) is 25.0 Å². The largest absolute Gasteiger partial charge is 0.497 e. The Kier molecular flexibility index (Phi) is 5.63. The number of anilines is 2. The summed E-state index contributed by atoms with van der Waals surface area (Å²) in [4.78, 5) is 16.0. The molecule has 0 aliphatic carbocycles. The van der Waals surface area contributed by atoms with Crippen molar-refractivity contribution in [3.05, 3.63) is 48.0 Å². The Hall–Kier alpha value is -3.03. The van der Waals surface area contributed by atoms with Gasteiger partial charge in [0.05, 0.1) is 19.9 Å². The number of carbonyl (C=O) groups is 1. The van der Waals surface area contributed by atoms with E-state index in [-0.39, 0.29) is 0 Å². The van der Waals surface area contributed by atoms with E-state index in [1.165, 1.54) is 11.0 Å². The lowest BCUT2D eigenvalue weighted by Crippen LogP contribution is -2.50. The van der Waals surface area contributed by atoms with Gasteiger partial charge in [0.1, 0.15) is 28.8 Å². The van der Waals surface area contributed by atoms with Crippen molar-refractivity contribution >= 4 is 17.4 Å². The molecule has 3 rings (SSSR count). The number of nitrogens with zero attached hydrogens (tertiary/aromatic N) is 2. The Balaban J connectivity index is 1.66. The van der Waals surface area contributed by atoms with Crippen LogP contribution in [0, 0.1) is 11.6 Å². The predicted octanol–water partition coefficient (Wildman–Crippen LogP) is 3.34. The van der Waals surface area contributed by atoms with Crippen LogP contribution >= 0.6 is 0 Å². The summed E-state index contributed by atoms with van der Waals surface area (Å²) >= 11 is 0. The van der Waals surface area contributed by atoms with Crippen molar-refractivity contribution in [3.8, 4) is 11.5 Å². The standard InChI is InChI=1S/C19H21F2N3O3/c1-26-13-6-7-17(27-2)16(12-13)23-8-10-24(11-9-23)19(25)22-18-14(20)4-3-5-15(18)21/h3-7,12H,8-11H2,1-2H3,(H,22,25). The number of methoxy groups -OCH3 is 2. The molecule has 1 aliphatic heterocycles. The maximum Gasteiger partial charge on any atom is 0.322 e. The molecule has 144 valence electrons. The van der Waals surface area contributed by atoms with Gasteiger partial charge in [0, 0.05) is 32.2 Å². The number of para-hydroxylation sites is 1. The summed E-state index contributed by atoms with van der Waals surface area (Å²) in [5, 5.41) is 2.32. The van der Waals surface area contributed by atoms with Gasteiger partial charge in [0.15, 0.2) is 0 Å². The molecule has 2 amide bonds. The number of carbonyl (C=O) groups excluding carboxylic acids is 1. The molecule has 0 unspecified atom stereocenters. The van der Waals surface area contributed by atoms with E-state index in [2.05, 4.69) is 10.2 Å². The van der Waals surface area contributed by atoms with Gasteiger partial charge in [-0.1, -0.05) is 6.07 Å². The maximum absolute atomic E-state index is 13.7. The first kappa shape index (κ1) is 18.8. The number of halogens is 2. The minimum Gasteiger partial charge on any atom is -0.497 e. The topological polar surface area (TPSA) is 54.0 Å². The third kappa shape index (κ3) is 4.05.